The molecule has 0 radical (unpaired) electrons. The highest BCUT2D eigenvalue weighted by molar-refractivity contribution is 9.12. The maximum absolute atomic E-state index is 14.3. The number of ketones is 2. The van der Waals surface area contributed by atoms with Crippen LogP contribution in [0.15, 0.2) is 104 Å². The van der Waals surface area contributed by atoms with Crippen LogP contribution in [0.25, 0.3) is 0 Å². The van der Waals surface area contributed by atoms with Crippen molar-refractivity contribution < 1.29 is 33.8 Å². The van der Waals surface area contributed by atoms with Gasteiger partial charge < -0.3 is 19.5 Å². The Hall–Kier alpha value is -5.36. The smallest absolute Gasteiger partial charge is 0.238 e. The van der Waals surface area contributed by atoms with Crippen LogP contribution in [0.5, 0.6) is 17.2 Å². The molecule has 1 aliphatic heterocycles. The first-order chi connectivity index (χ1) is 24.0. The Labute approximate surface area is 296 Å². The van der Waals surface area contributed by atoms with Crippen LogP contribution in [0, 0.1) is 17.8 Å². The van der Waals surface area contributed by atoms with Crippen LogP contribution in [-0.2, 0) is 19.2 Å². The predicted molar refractivity (Wildman–Crippen MR) is 190 cm³/mol. The average Bonchev–Trinajstić information content (AvgIpc) is 3.37. The van der Waals surface area contributed by atoms with E-state index in [9.17, 15) is 24.3 Å². The van der Waals surface area contributed by atoms with Gasteiger partial charge in [0.15, 0.2) is 11.6 Å². The number of phenols is 1. The van der Waals surface area contributed by atoms with E-state index >= 15 is 0 Å². The number of phenolic OH excluding ortho intramolecular Hbond substituents is 1. The van der Waals surface area contributed by atoms with Crippen LogP contribution >= 0.6 is 15.9 Å². The summed E-state index contributed by atoms with van der Waals surface area (Å²) in [5, 5.41) is 19.9. The molecule has 4 atom stereocenters. The van der Waals surface area contributed by atoms with Gasteiger partial charge in [-0.05, 0) is 83.2 Å². The zero-order valence-corrected chi connectivity index (χ0v) is 29.3. The van der Waals surface area contributed by atoms with Gasteiger partial charge in [0, 0.05) is 60.6 Å². The number of hydrogen-bond donors (Lipinski definition) is 1. The van der Waals surface area contributed by atoms with Crippen molar-refractivity contribution in [3.63, 3.8) is 0 Å². The fourth-order valence-electron chi connectivity index (χ4n) is 7.56. The summed E-state index contributed by atoms with van der Waals surface area (Å²) in [5.41, 5.74) is 4.13. The highest BCUT2D eigenvalue weighted by Gasteiger charge is 2.57. The quantitative estimate of drug-likeness (QED) is 0.120. The first kappa shape index (κ1) is 33.2. The zero-order valence-electron chi connectivity index (χ0n) is 27.7. The van der Waals surface area contributed by atoms with E-state index in [1.165, 1.54) is 31.3 Å². The molecule has 0 bridgehead atoms. The number of carbonyl (C=O) groups is 4. The van der Waals surface area contributed by atoms with Crippen LogP contribution < -0.4 is 19.3 Å². The summed E-state index contributed by atoms with van der Waals surface area (Å²) in [6, 6.07) is 17.4. The Morgan fingerprint density at radius 3 is 2.16 bits per heavy atom. The normalized spacial score (nSPS) is 23.0. The van der Waals surface area contributed by atoms with Gasteiger partial charge in [0.2, 0.25) is 11.8 Å². The fourth-order valence-corrected chi connectivity index (χ4v) is 8.01. The van der Waals surface area contributed by atoms with Gasteiger partial charge in [-0.15, -0.1) is 0 Å². The van der Waals surface area contributed by atoms with Gasteiger partial charge in [-0.25, -0.2) is 0 Å². The Kier molecular flexibility index (Phi) is 8.51. The van der Waals surface area contributed by atoms with Crippen molar-refractivity contribution >= 4 is 62.1 Å². The molecule has 1 N–H and O–H groups in total. The Balaban J connectivity index is 1.23. The third-order valence-electron chi connectivity index (χ3n) is 9.92. The molecule has 7 rings (SSSR count). The fraction of sp³-hybridized carbons (Fsp3) is 0.263. The molecule has 1 saturated heterocycles. The van der Waals surface area contributed by atoms with Crippen molar-refractivity contribution in [3.8, 4) is 17.2 Å². The van der Waals surface area contributed by atoms with Crippen molar-refractivity contribution in [2.45, 2.75) is 18.8 Å². The van der Waals surface area contributed by atoms with E-state index in [0.29, 0.717) is 28.4 Å². The molecule has 50 heavy (non-hydrogen) atoms. The highest BCUT2D eigenvalue weighted by atomic mass is 79.9. The van der Waals surface area contributed by atoms with Crippen molar-refractivity contribution in [1.29, 1.82) is 0 Å². The number of benzene rings is 3. The first-order valence-corrected chi connectivity index (χ1v) is 16.8. The molecule has 2 amide bonds. The zero-order chi connectivity index (χ0) is 35.4. The second-order valence-corrected chi connectivity index (χ2v) is 13.6. The van der Waals surface area contributed by atoms with Gasteiger partial charge in [-0.2, -0.15) is 10.2 Å². The third-order valence-corrected chi connectivity index (χ3v) is 10.5. The average molecular weight is 738 g/mol. The number of imide groups is 1. The number of amides is 2. The number of halogens is 1. The molecule has 254 valence electrons. The van der Waals surface area contributed by atoms with Crippen LogP contribution in [0.3, 0.4) is 0 Å². The summed E-state index contributed by atoms with van der Waals surface area (Å²) in [7, 11) is 6.81. The van der Waals surface area contributed by atoms with Gasteiger partial charge in [0.25, 0.3) is 0 Å². The molecule has 0 saturated carbocycles. The SMILES string of the molecule is COc1cc(O)c(C2C3=CCC4C(=O)N(c5ccc(N=Nc6ccc(N(C)C)cc6)cc5)C(=O)C4C3CC3=C2C(=O)C=C(Br)C3=O)c(OC)c1. The van der Waals surface area contributed by atoms with E-state index in [2.05, 4.69) is 26.2 Å². The van der Waals surface area contributed by atoms with Gasteiger partial charge in [0.05, 0.1) is 47.6 Å². The molecule has 0 aromatic heterocycles. The van der Waals surface area contributed by atoms with Crippen LogP contribution in [-0.4, -0.2) is 56.8 Å². The molecule has 11 nitrogen and oxygen atoms in total. The molecule has 3 aliphatic carbocycles. The molecule has 3 aromatic rings. The van der Waals surface area contributed by atoms with Crippen molar-refractivity contribution in [3.05, 3.63) is 99.6 Å². The number of ether oxygens (including phenoxy) is 2. The minimum Gasteiger partial charge on any atom is -0.507 e. The number of nitrogens with zero attached hydrogens (tertiary/aromatic N) is 4. The lowest BCUT2D eigenvalue weighted by atomic mass is 9.59. The Bertz CT molecular complexity index is 2080. The molecule has 3 aromatic carbocycles. The van der Waals surface area contributed by atoms with Crippen LogP contribution in [0.2, 0.25) is 0 Å². The lowest BCUT2D eigenvalue weighted by Gasteiger charge is -2.42. The highest BCUT2D eigenvalue weighted by Crippen LogP contribution is 2.58. The second-order valence-electron chi connectivity index (χ2n) is 12.8. The topological polar surface area (TPSA) is 138 Å². The maximum atomic E-state index is 14.3. The van der Waals surface area contributed by atoms with Gasteiger partial charge in [-0.3, -0.25) is 24.1 Å². The molecule has 0 spiro atoms. The Morgan fingerprint density at radius 2 is 1.54 bits per heavy atom. The molecule has 4 unspecified atom stereocenters. The maximum Gasteiger partial charge on any atom is 0.238 e. The van der Waals surface area contributed by atoms with E-state index in [4.69, 9.17) is 9.47 Å². The van der Waals surface area contributed by atoms with Gasteiger partial charge in [-0.1, -0.05) is 11.6 Å². The van der Waals surface area contributed by atoms with Gasteiger partial charge >= 0.3 is 0 Å². The molecule has 12 heteroatoms. The van der Waals surface area contributed by atoms with E-state index in [1.54, 1.807) is 30.3 Å². The third kappa shape index (κ3) is 5.43. The van der Waals surface area contributed by atoms with E-state index < -0.39 is 23.7 Å². The first-order valence-electron chi connectivity index (χ1n) is 16.0. The van der Waals surface area contributed by atoms with Crippen LogP contribution in [0.4, 0.5) is 22.7 Å². The number of methoxy groups -OCH3 is 2. The van der Waals surface area contributed by atoms with Crippen molar-refractivity contribution in [1.82, 2.24) is 0 Å². The summed E-state index contributed by atoms with van der Waals surface area (Å²) in [6.45, 7) is 0. The lowest BCUT2D eigenvalue weighted by molar-refractivity contribution is -0.123. The van der Waals surface area contributed by atoms with Crippen molar-refractivity contribution in [2.24, 2.45) is 28.0 Å². The second kappa shape index (κ2) is 12.8. The molecular weight excluding hydrogens is 704 g/mol. The summed E-state index contributed by atoms with van der Waals surface area (Å²) in [5.74, 6) is -3.99. The lowest BCUT2D eigenvalue weighted by Crippen LogP contribution is -2.39. The number of fused-ring (bicyclic) bond motifs is 3. The van der Waals surface area contributed by atoms with E-state index in [-0.39, 0.29) is 68.9 Å². The number of allylic oxidation sites excluding steroid dienone is 6. The van der Waals surface area contributed by atoms with E-state index in [1.807, 2.05) is 49.3 Å². The summed E-state index contributed by atoms with van der Waals surface area (Å²) < 4.78 is 11.1. The molecule has 1 fully saturated rings. The van der Waals surface area contributed by atoms with E-state index in [0.717, 1.165) is 5.69 Å². The summed E-state index contributed by atoms with van der Waals surface area (Å²) >= 11 is 3.24. The van der Waals surface area contributed by atoms with Gasteiger partial charge in [0.1, 0.15) is 17.2 Å². The number of aromatic hydroxyl groups is 1. The monoisotopic (exact) mass is 736 g/mol. The summed E-state index contributed by atoms with van der Waals surface area (Å²) in [4.78, 5) is 58.7. The molecule has 4 aliphatic rings. The number of hydrogen-bond acceptors (Lipinski definition) is 10. The largest absolute Gasteiger partial charge is 0.507 e. The number of azo groups is 1. The minimum atomic E-state index is -0.889. The molecular formula is C38H33BrN4O7. The van der Waals surface area contributed by atoms with Crippen molar-refractivity contribution in [2.75, 3.05) is 38.1 Å². The predicted octanol–water partition coefficient (Wildman–Crippen LogP) is 6.86. The summed E-state index contributed by atoms with van der Waals surface area (Å²) in [6.07, 6.45) is 3.46. The number of carbonyl (C=O) groups excluding carboxylic acids is 4. The Morgan fingerprint density at radius 1 is 0.880 bits per heavy atom. The number of rotatable bonds is 7. The number of anilines is 2. The standard InChI is InChI=1S/C38H33BrN4O7/c1-42(2)21-9-5-19(6-10-21)40-41-20-7-11-22(12-8-20)43-37(47)25-14-13-24-26(32(25)38(43)48)17-27-33(30(45)18-28(39)36(27)46)34(24)35-29(44)15-23(49-3)16-31(35)50-4/h5-13,15-16,18,25-26,32,34,44H,14,17H2,1-4H3. The molecule has 1 heterocycles. The number of Topliss-reactive ketones (excluding diaryl/α,β-unsaturated/α-hetero) is 1. The minimum absolute atomic E-state index is 0.0906. The van der Waals surface area contributed by atoms with Crippen LogP contribution in [0.1, 0.15) is 24.3 Å².